The molecule has 92 valence electrons. The molecule has 0 aromatic carbocycles. The molecule has 2 aliphatic rings. The Morgan fingerprint density at radius 2 is 2.19 bits per heavy atom. The summed E-state index contributed by atoms with van der Waals surface area (Å²) >= 11 is 0. The van der Waals surface area contributed by atoms with Crippen molar-refractivity contribution < 1.29 is 4.74 Å². The van der Waals surface area contributed by atoms with Gasteiger partial charge < -0.3 is 4.74 Å². The molecule has 0 amide bonds. The summed E-state index contributed by atoms with van der Waals surface area (Å²) in [5.41, 5.74) is 0. The number of piperazine rings is 1. The summed E-state index contributed by atoms with van der Waals surface area (Å²) < 4.78 is 5.56. The van der Waals surface area contributed by atoms with Crippen molar-refractivity contribution in [2.45, 2.75) is 25.3 Å². The van der Waals surface area contributed by atoms with Crippen molar-refractivity contribution in [3.8, 4) is 0 Å². The Morgan fingerprint density at radius 1 is 1.25 bits per heavy atom. The summed E-state index contributed by atoms with van der Waals surface area (Å²) in [6, 6.07) is 0.835. The maximum atomic E-state index is 5.56. The number of hydrogen-bond donors (Lipinski definition) is 0. The van der Waals surface area contributed by atoms with E-state index < -0.39 is 0 Å². The number of fused-ring (bicyclic) bond motifs is 1. The molecule has 3 nitrogen and oxygen atoms in total. The molecular weight excluding hydrogens is 200 g/mol. The van der Waals surface area contributed by atoms with Gasteiger partial charge in [-0.15, -0.1) is 6.58 Å². The molecule has 2 saturated heterocycles. The van der Waals surface area contributed by atoms with Crippen LogP contribution in [0.15, 0.2) is 12.7 Å². The molecule has 0 aromatic rings. The minimum absolute atomic E-state index is 0.826. The minimum Gasteiger partial charge on any atom is -0.380 e. The fraction of sp³-hybridized carbons (Fsp3) is 0.846. The third-order valence-electron chi connectivity index (χ3n) is 3.69. The first-order valence-corrected chi connectivity index (χ1v) is 6.55. The molecule has 2 fully saturated rings. The summed E-state index contributed by atoms with van der Waals surface area (Å²) in [6.07, 6.45) is 5.68. The molecule has 1 atom stereocenters. The van der Waals surface area contributed by atoms with E-state index in [1.165, 1.54) is 39.0 Å². The highest BCUT2D eigenvalue weighted by atomic mass is 16.5. The molecule has 0 bridgehead atoms. The van der Waals surface area contributed by atoms with Crippen molar-refractivity contribution in [1.29, 1.82) is 0 Å². The summed E-state index contributed by atoms with van der Waals surface area (Å²) in [5.74, 6) is 0. The fourth-order valence-corrected chi connectivity index (χ4v) is 2.72. The van der Waals surface area contributed by atoms with E-state index in [4.69, 9.17) is 4.74 Å². The first-order chi connectivity index (χ1) is 7.90. The van der Waals surface area contributed by atoms with Crippen LogP contribution in [0.2, 0.25) is 0 Å². The molecular formula is C13H24N2O. The van der Waals surface area contributed by atoms with Crippen LogP contribution in [0.5, 0.6) is 0 Å². The molecule has 2 rings (SSSR count). The van der Waals surface area contributed by atoms with Crippen LogP contribution in [-0.2, 0) is 4.74 Å². The standard InChI is InChI=1S/C13H24N2O/c1-2-3-10-16-11-9-14-7-8-15-6-4-5-13(15)12-14/h2,13H,1,3-12H2. The van der Waals surface area contributed by atoms with E-state index in [2.05, 4.69) is 16.4 Å². The first-order valence-electron chi connectivity index (χ1n) is 6.55. The van der Waals surface area contributed by atoms with Gasteiger partial charge in [-0.05, 0) is 25.8 Å². The van der Waals surface area contributed by atoms with Gasteiger partial charge in [-0.25, -0.2) is 0 Å². The highest BCUT2D eigenvalue weighted by molar-refractivity contribution is 4.86. The van der Waals surface area contributed by atoms with Gasteiger partial charge in [0.25, 0.3) is 0 Å². The van der Waals surface area contributed by atoms with Gasteiger partial charge in [0, 0.05) is 32.2 Å². The molecule has 2 heterocycles. The van der Waals surface area contributed by atoms with Crippen LogP contribution in [0.25, 0.3) is 0 Å². The van der Waals surface area contributed by atoms with Gasteiger partial charge in [0.2, 0.25) is 0 Å². The Balaban J connectivity index is 1.58. The molecule has 1 unspecified atom stereocenters. The maximum absolute atomic E-state index is 5.56. The minimum atomic E-state index is 0.826. The lowest BCUT2D eigenvalue weighted by atomic mass is 10.1. The molecule has 0 radical (unpaired) electrons. The van der Waals surface area contributed by atoms with Gasteiger partial charge in [-0.2, -0.15) is 0 Å². The number of hydrogen-bond acceptors (Lipinski definition) is 3. The second-order valence-corrected chi connectivity index (χ2v) is 4.82. The van der Waals surface area contributed by atoms with Crippen LogP contribution in [-0.4, -0.2) is 61.8 Å². The quantitative estimate of drug-likeness (QED) is 0.500. The van der Waals surface area contributed by atoms with Crippen molar-refractivity contribution in [3.05, 3.63) is 12.7 Å². The maximum Gasteiger partial charge on any atom is 0.0593 e. The van der Waals surface area contributed by atoms with Gasteiger partial charge >= 0.3 is 0 Å². The van der Waals surface area contributed by atoms with E-state index in [-0.39, 0.29) is 0 Å². The highest BCUT2D eigenvalue weighted by Gasteiger charge is 2.29. The van der Waals surface area contributed by atoms with E-state index >= 15 is 0 Å². The smallest absolute Gasteiger partial charge is 0.0593 e. The molecule has 3 heteroatoms. The lowest BCUT2D eigenvalue weighted by Gasteiger charge is -2.37. The third-order valence-corrected chi connectivity index (χ3v) is 3.69. The van der Waals surface area contributed by atoms with Crippen molar-refractivity contribution >= 4 is 0 Å². The highest BCUT2D eigenvalue weighted by Crippen LogP contribution is 2.20. The molecule has 0 spiro atoms. The van der Waals surface area contributed by atoms with E-state index in [9.17, 15) is 0 Å². The van der Waals surface area contributed by atoms with Gasteiger partial charge in [0.15, 0.2) is 0 Å². The molecule has 0 aromatic heterocycles. The summed E-state index contributed by atoms with van der Waals surface area (Å²) in [5, 5.41) is 0. The van der Waals surface area contributed by atoms with Crippen LogP contribution >= 0.6 is 0 Å². The fourth-order valence-electron chi connectivity index (χ4n) is 2.72. The SMILES string of the molecule is C=CCCOCCN1CCN2CCCC2C1. The number of rotatable bonds is 6. The first kappa shape index (κ1) is 12.1. The van der Waals surface area contributed by atoms with E-state index in [1.807, 2.05) is 6.08 Å². The predicted molar refractivity (Wildman–Crippen MR) is 66.7 cm³/mol. The summed E-state index contributed by atoms with van der Waals surface area (Å²) in [4.78, 5) is 5.20. The van der Waals surface area contributed by atoms with Crippen molar-refractivity contribution in [1.82, 2.24) is 9.80 Å². The number of nitrogens with zero attached hydrogens (tertiary/aromatic N) is 2. The van der Waals surface area contributed by atoms with Crippen LogP contribution in [0.1, 0.15) is 19.3 Å². The van der Waals surface area contributed by atoms with Gasteiger partial charge in [-0.1, -0.05) is 6.08 Å². The Bertz CT molecular complexity index is 220. The predicted octanol–water partition coefficient (Wildman–Crippen LogP) is 1.36. The summed E-state index contributed by atoms with van der Waals surface area (Å²) in [7, 11) is 0. The van der Waals surface area contributed by atoms with Crippen molar-refractivity contribution in [2.24, 2.45) is 0 Å². The zero-order valence-corrected chi connectivity index (χ0v) is 10.2. The lowest BCUT2D eigenvalue weighted by molar-refractivity contribution is 0.0633. The zero-order valence-electron chi connectivity index (χ0n) is 10.2. The van der Waals surface area contributed by atoms with E-state index in [1.54, 1.807) is 0 Å². The Labute approximate surface area is 99.1 Å². The van der Waals surface area contributed by atoms with E-state index in [0.29, 0.717) is 0 Å². The Morgan fingerprint density at radius 3 is 3.06 bits per heavy atom. The van der Waals surface area contributed by atoms with Crippen molar-refractivity contribution in [2.75, 3.05) is 45.9 Å². The second kappa shape index (κ2) is 6.38. The Hall–Kier alpha value is -0.380. The molecule has 0 aliphatic carbocycles. The molecule has 16 heavy (non-hydrogen) atoms. The molecule has 0 saturated carbocycles. The lowest BCUT2D eigenvalue weighted by Crippen LogP contribution is -2.50. The van der Waals surface area contributed by atoms with Crippen molar-refractivity contribution in [3.63, 3.8) is 0 Å². The van der Waals surface area contributed by atoms with Crippen LogP contribution in [0.4, 0.5) is 0 Å². The largest absolute Gasteiger partial charge is 0.380 e. The van der Waals surface area contributed by atoms with Crippen LogP contribution in [0.3, 0.4) is 0 Å². The van der Waals surface area contributed by atoms with Crippen LogP contribution in [0, 0.1) is 0 Å². The van der Waals surface area contributed by atoms with Gasteiger partial charge in [0.05, 0.1) is 13.2 Å². The summed E-state index contributed by atoms with van der Waals surface area (Å²) in [6.45, 7) is 11.6. The molecule has 0 N–H and O–H groups in total. The van der Waals surface area contributed by atoms with E-state index in [0.717, 1.165) is 32.2 Å². The van der Waals surface area contributed by atoms with Crippen LogP contribution < -0.4 is 0 Å². The zero-order chi connectivity index (χ0) is 11.2. The second-order valence-electron chi connectivity index (χ2n) is 4.82. The van der Waals surface area contributed by atoms with Gasteiger partial charge in [0.1, 0.15) is 0 Å². The topological polar surface area (TPSA) is 15.7 Å². The monoisotopic (exact) mass is 224 g/mol. The van der Waals surface area contributed by atoms with Gasteiger partial charge in [-0.3, -0.25) is 9.80 Å². The molecule has 2 aliphatic heterocycles. The average molecular weight is 224 g/mol. The Kier molecular flexibility index (Phi) is 4.82. The third kappa shape index (κ3) is 3.30. The normalized spacial score (nSPS) is 26.9. The average Bonchev–Trinajstić information content (AvgIpc) is 2.76. The number of ether oxygens (including phenoxy) is 1.